The zero-order chi connectivity index (χ0) is 39.6. The molecule has 3 fully saturated rings. The normalized spacial score (nSPS) is 25.5. The lowest BCUT2D eigenvalue weighted by Gasteiger charge is -2.35. The highest BCUT2D eigenvalue weighted by Gasteiger charge is 2.67. The molecule has 2 aliphatic carbocycles. The number of benzene rings is 2. The Balaban J connectivity index is 1.21. The predicted molar refractivity (Wildman–Crippen MR) is 199 cm³/mol. The Bertz CT molecular complexity index is 2320. The van der Waals surface area contributed by atoms with Crippen molar-refractivity contribution in [2.24, 2.45) is 11.3 Å². The summed E-state index contributed by atoms with van der Waals surface area (Å²) in [6.07, 6.45) is 1.22. The summed E-state index contributed by atoms with van der Waals surface area (Å²) in [7, 11) is -4.12. The largest absolute Gasteiger partial charge is 0.408 e. The second-order valence-corrected chi connectivity index (χ2v) is 17.9. The van der Waals surface area contributed by atoms with Gasteiger partial charge in [0.15, 0.2) is 0 Å². The van der Waals surface area contributed by atoms with Gasteiger partial charge in [-0.25, -0.2) is 17.2 Å². The molecule has 15 nitrogen and oxygen atoms in total. The van der Waals surface area contributed by atoms with E-state index in [0.29, 0.717) is 36.5 Å². The van der Waals surface area contributed by atoms with Gasteiger partial charge in [-0.1, -0.05) is 86.6 Å². The molecule has 0 radical (unpaired) electrons. The Labute approximate surface area is 321 Å². The maximum atomic E-state index is 14.8. The minimum Gasteiger partial charge on any atom is -0.408 e. The van der Waals surface area contributed by atoms with E-state index in [1.54, 1.807) is 0 Å². The van der Waals surface area contributed by atoms with Crippen molar-refractivity contribution in [3.63, 3.8) is 0 Å². The van der Waals surface area contributed by atoms with Gasteiger partial charge >= 0.3 is 6.01 Å². The SMILES string of the molecule is CC(C)(C)[C@@H]1Nc2nnc(o2)C/C=C/c2cccc(c2)-c2nn(nc2-c2ccccc2)[C@@H]2C[C@@H](C(=O)N[C@]3(C(=O)NS(=O)(=O)C4CC4)C[C@H]3C(F)F)N(C2)C1=O. The number of aromatic nitrogens is 5. The number of hydrogen-bond donors (Lipinski definition) is 3. The topological polar surface area (TPSA) is 194 Å². The van der Waals surface area contributed by atoms with Gasteiger partial charge in [-0.05, 0) is 36.3 Å². The Hall–Kier alpha value is -5.52. The van der Waals surface area contributed by atoms with Crippen LogP contribution >= 0.6 is 0 Å². The maximum absolute atomic E-state index is 14.8. The molecule has 1 saturated heterocycles. The van der Waals surface area contributed by atoms with Gasteiger partial charge in [0.05, 0.1) is 17.2 Å². The molecule has 2 aromatic heterocycles. The number of allylic oxidation sites excluding steroid dienone is 1. The zero-order valence-electron chi connectivity index (χ0n) is 30.9. The van der Waals surface area contributed by atoms with Crippen molar-refractivity contribution in [1.82, 2.24) is 40.1 Å². The third-order valence-electron chi connectivity index (χ3n) is 10.7. The van der Waals surface area contributed by atoms with Crippen LogP contribution in [0.15, 0.2) is 65.1 Å². The molecule has 5 atom stereocenters. The van der Waals surface area contributed by atoms with E-state index in [0.717, 1.165) is 16.7 Å². The zero-order valence-corrected chi connectivity index (χ0v) is 31.7. The molecule has 2 aromatic carbocycles. The Morgan fingerprint density at radius 3 is 2.41 bits per heavy atom. The van der Waals surface area contributed by atoms with Crippen LogP contribution < -0.4 is 15.4 Å². The average molecular weight is 790 g/mol. The summed E-state index contributed by atoms with van der Waals surface area (Å²) in [6.45, 7) is 5.37. The fourth-order valence-corrected chi connectivity index (χ4v) is 8.76. The number of nitrogens with one attached hydrogen (secondary N) is 3. The first-order chi connectivity index (χ1) is 26.6. The molecule has 8 rings (SSSR count). The summed E-state index contributed by atoms with van der Waals surface area (Å²) in [5.74, 6) is -4.00. The van der Waals surface area contributed by atoms with Crippen molar-refractivity contribution in [2.75, 3.05) is 11.9 Å². The summed E-state index contributed by atoms with van der Waals surface area (Å²) < 4.78 is 61.6. The van der Waals surface area contributed by atoms with Gasteiger partial charge in [0, 0.05) is 30.5 Å². The van der Waals surface area contributed by atoms with Gasteiger partial charge in [-0.15, -0.1) is 5.10 Å². The molecule has 4 heterocycles. The Morgan fingerprint density at radius 1 is 1.02 bits per heavy atom. The van der Waals surface area contributed by atoms with Crippen LogP contribution in [0.2, 0.25) is 0 Å². The van der Waals surface area contributed by atoms with Crippen LogP contribution in [0.4, 0.5) is 14.8 Å². The molecule has 0 spiro atoms. The van der Waals surface area contributed by atoms with Crippen LogP contribution in [-0.2, 0) is 30.8 Å². The van der Waals surface area contributed by atoms with Crippen LogP contribution in [0.5, 0.6) is 0 Å². The Morgan fingerprint density at radius 2 is 1.73 bits per heavy atom. The molecule has 56 heavy (non-hydrogen) atoms. The van der Waals surface area contributed by atoms with Gasteiger partial charge in [0.1, 0.15) is 29.0 Å². The van der Waals surface area contributed by atoms with Crippen molar-refractivity contribution in [2.45, 2.75) is 88.2 Å². The summed E-state index contributed by atoms with van der Waals surface area (Å²) in [5.41, 5.74) is 0.559. The quantitative estimate of drug-likeness (QED) is 0.245. The number of sulfonamides is 1. The van der Waals surface area contributed by atoms with E-state index in [1.165, 1.54) is 9.70 Å². The summed E-state index contributed by atoms with van der Waals surface area (Å²) >= 11 is 0. The van der Waals surface area contributed by atoms with E-state index >= 15 is 0 Å². The lowest BCUT2D eigenvalue weighted by atomic mass is 9.85. The summed E-state index contributed by atoms with van der Waals surface area (Å²) in [4.78, 5) is 45.4. The van der Waals surface area contributed by atoms with Crippen LogP contribution in [0, 0.1) is 11.3 Å². The molecule has 4 aromatic rings. The van der Waals surface area contributed by atoms with E-state index in [4.69, 9.17) is 14.6 Å². The molecule has 3 amide bonds. The van der Waals surface area contributed by atoms with Gasteiger partial charge in [0.25, 0.3) is 5.91 Å². The minimum atomic E-state index is -4.12. The number of nitrogens with zero attached hydrogens (tertiary/aromatic N) is 6. The van der Waals surface area contributed by atoms with Crippen LogP contribution in [-0.4, -0.2) is 92.1 Å². The highest BCUT2D eigenvalue weighted by atomic mass is 32.2. The first-order valence-electron chi connectivity index (χ1n) is 18.5. The third-order valence-corrected chi connectivity index (χ3v) is 12.6. The van der Waals surface area contributed by atoms with Crippen LogP contribution in [0.25, 0.3) is 28.6 Å². The average Bonchev–Trinajstić information content (AvgIpc) is 3.98. The Kier molecular flexibility index (Phi) is 9.28. The van der Waals surface area contributed by atoms with Crippen LogP contribution in [0.1, 0.15) is 64.0 Å². The van der Waals surface area contributed by atoms with E-state index < -0.39 is 80.8 Å². The molecular formula is C38H41F2N9O6S. The smallest absolute Gasteiger partial charge is 0.316 e. The monoisotopic (exact) mass is 789 g/mol. The van der Waals surface area contributed by atoms with Gasteiger partial charge < -0.3 is 20.0 Å². The molecule has 4 aliphatic rings. The standard InChI is InChI=1S/C38H41F2N9O6S/c1-37(2,3)31-34(51)48-20-24(18-27(48)33(50)42-38(19-26(38)32(39)40)35(52)47-56(53,54)25-15-16-25)49-45-29(22-11-5-4-6-12-22)30(46-49)23-13-7-9-21(17-23)10-8-14-28-43-44-36(41-31)55-28/h4-13,17,24-27,31-32H,14-16,18-20H2,1-3H3,(H,41,44)(H,42,50)(H,47,52)/b10-8+/t24-,26+,27+,31-,38-/m1/s1. The first-order valence-corrected chi connectivity index (χ1v) is 20.0. The minimum absolute atomic E-state index is 0.0160. The fourth-order valence-electron chi connectivity index (χ4n) is 7.40. The molecular weight excluding hydrogens is 749 g/mol. The number of carbonyl (C=O) groups excluding carboxylic acids is 3. The lowest BCUT2D eigenvalue weighted by molar-refractivity contribution is -0.141. The number of alkyl halides is 2. The van der Waals surface area contributed by atoms with E-state index in [2.05, 4.69) is 20.8 Å². The molecule has 0 unspecified atom stereocenters. The molecule has 2 saturated carbocycles. The van der Waals surface area contributed by atoms with Crippen molar-refractivity contribution in [1.29, 1.82) is 0 Å². The van der Waals surface area contributed by atoms with Crippen molar-refractivity contribution >= 4 is 39.8 Å². The fraction of sp³-hybridized carbons (Fsp3) is 0.447. The molecule has 3 N–H and O–H groups in total. The highest BCUT2D eigenvalue weighted by Crippen LogP contribution is 2.49. The van der Waals surface area contributed by atoms with Crippen molar-refractivity contribution in [3.05, 3.63) is 72.1 Å². The van der Waals surface area contributed by atoms with Gasteiger partial charge in [0.2, 0.25) is 34.2 Å². The number of hydrogen-bond acceptors (Lipinski definition) is 11. The van der Waals surface area contributed by atoms with Crippen molar-refractivity contribution in [3.8, 4) is 22.5 Å². The number of halogens is 2. The van der Waals surface area contributed by atoms with Gasteiger partial charge in [-0.2, -0.15) is 15.0 Å². The lowest BCUT2D eigenvalue weighted by Crippen LogP contribution is -2.59. The van der Waals surface area contributed by atoms with E-state index in [1.807, 2.05) is 92.2 Å². The van der Waals surface area contributed by atoms with Crippen molar-refractivity contribution < 1.29 is 36.0 Å². The van der Waals surface area contributed by atoms with E-state index in [-0.39, 0.29) is 19.0 Å². The number of fused-ring (bicyclic) bond motifs is 10. The van der Waals surface area contributed by atoms with Crippen LogP contribution in [0.3, 0.4) is 0 Å². The van der Waals surface area contributed by atoms with E-state index in [9.17, 15) is 31.6 Å². The number of amides is 3. The molecule has 18 heteroatoms. The number of rotatable bonds is 7. The summed E-state index contributed by atoms with van der Waals surface area (Å²) in [6, 6.07) is 14.1. The molecule has 294 valence electrons. The maximum Gasteiger partial charge on any atom is 0.316 e. The highest BCUT2D eigenvalue weighted by molar-refractivity contribution is 7.91. The third kappa shape index (κ3) is 7.17. The molecule has 2 aliphatic heterocycles. The second-order valence-electron chi connectivity index (χ2n) is 15.9. The van der Waals surface area contributed by atoms with Gasteiger partial charge in [-0.3, -0.25) is 19.1 Å². The summed E-state index contributed by atoms with van der Waals surface area (Å²) in [5, 5.41) is 22.9. The first kappa shape index (κ1) is 37.4. The predicted octanol–water partition coefficient (Wildman–Crippen LogP) is 3.98. The number of carbonyl (C=O) groups is 3. The number of anilines is 1. The second kappa shape index (κ2) is 13.9. The molecule has 8 bridgehead atoms.